The fourth-order valence-electron chi connectivity index (χ4n) is 6.07. The van der Waals surface area contributed by atoms with Crippen LogP contribution in [-0.2, 0) is 17.8 Å². The molecule has 1 N–H and O–H groups in total. The Bertz CT molecular complexity index is 1570. The molecule has 4 heterocycles. The van der Waals surface area contributed by atoms with E-state index in [-0.39, 0.29) is 18.5 Å². The molecule has 226 valence electrons. The van der Waals surface area contributed by atoms with E-state index in [0.29, 0.717) is 61.8 Å². The van der Waals surface area contributed by atoms with E-state index in [2.05, 4.69) is 43.4 Å². The first kappa shape index (κ1) is 29.5. The predicted molar refractivity (Wildman–Crippen MR) is 168 cm³/mol. The number of likely N-dealkylation sites (N-methyl/N-ethyl adjacent to an activating group) is 1. The van der Waals surface area contributed by atoms with Crippen molar-refractivity contribution < 1.29 is 9.53 Å². The number of carbonyl (C=O) groups is 1. The minimum Gasteiger partial charge on any atom is -0.462 e. The van der Waals surface area contributed by atoms with Gasteiger partial charge in [0.15, 0.2) is 0 Å². The van der Waals surface area contributed by atoms with E-state index in [9.17, 15) is 4.79 Å². The molecule has 1 amide bonds. The molecule has 3 aliphatic rings. The standard InChI is InChI=1S/C30H35Cl2N9O2/c1-4-26(42)41-10-9-40(17-20(41)14-33-2)29-21-7-8-39(28-22-15-34-37-24(22)13-23(31)27(28)32)18-25(21)35-30(36-29)43-12-11-38(3)16-19-5-6-19/h4,13,15,19-20H,1,5-12,14,16-18H2,3H3,(H,34,37)/t20-/m0/s1. The molecule has 0 radical (unpaired) electrons. The summed E-state index contributed by atoms with van der Waals surface area (Å²) in [6.07, 6.45) is 6.37. The van der Waals surface area contributed by atoms with Gasteiger partial charge in [-0.1, -0.05) is 29.8 Å². The molecule has 0 bridgehead atoms. The highest BCUT2D eigenvalue weighted by Crippen LogP contribution is 2.41. The number of halogens is 2. The number of aromatic amines is 1. The maximum Gasteiger partial charge on any atom is 0.318 e. The Balaban J connectivity index is 1.30. The fraction of sp³-hybridized carbons (Fsp3) is 0.500. The van der Waals surface area contributed by atoms with Crippen LogP contribution in [0.1, 0.15) is 24.1 Å². The van der Waals surface area contributed by atoms with E-state index in [0.717, 1.165) is 52.7 Å². The first-order valence-corrected chi connectivity index (χ1v) is 15.4. The lowest BCUT2D eigenvalue weighted by molar-refractivity contribution is -0.128. The summed E-state index contributed by atoms with van der Waals surface area (Å²) in [6, 6.07) is 1.85. The summed E-state index contributed by atoms with van der Waals surface area (Å²) >= 11 is 13.3. The average Bonchev–Trinajstić information content (AvgIpc) is 3.70. The van der Waals surface area contributed by atoms with Crippen molar-refractivity contribution in [2.75, 3.05) is 69.3 Å². The van der Waals surface area contributed by atoms with Crippen LogP contribution < -0.4 is 14.5 Å². The molecule has 2 aliphatic heterocycles. The molecule has 1 atom stereocenters. The quantitative estimate of drug-likeness (QED) is 0.267. The molecule has 6 rings (SSSR count). The van der Waals surface area contributed by atoms with Gasteiger partial charge >= 0.3 is 6.01 Å². The number of ether oxygens (including phenoxy) is 1. The summed E-state index contributed by atoms with van der Waals surface area (Å²) < 4.78 is 6.17. The number of H-pyrrole nitrogens is 1. The molecule has 13 heteroatoms. The van der Waals surface area contributed by atoms with Crippen molar-refractivity contribution in [3.8, 4) is 6.01 Å². The van der Waals surface area contributed by atoms with E-state index in [1.54, 1.807) is 17.2 Å². The summed E-state index contributed by atoms with van der Waals surface area (Å²) in [6.45, 7) is 16.4. The highest BCUT2D eigenvalue weighted by molar-refractivity contribution is 6.45. The van der Waals surface area contributed by atoms with Gasteiger partial charge in [-0.05, 0) is 44.4 Å². The Morgan fingerprint density at radius 1 is 1.28 bits per heavy atom. The monoisotopic (exact) mass is 623 g/mol. The number of benzene rings is 1. The summed E-state index contributed by atoms with van der Waals surface area (Å²) in [5.74, 6) is 1.45. The molecule has 43 heavy (non-hydrogen) atoms. The lowest BCUT2D eigenvalue weighted by atomic mass is 10.0. The van der Waals surface area contributed by atoms with Gasteiger partial charge in [-0.15, -0.1) is 0 Å². The fourth-order valence-corrected chi connectivity index (χ4v) is 6.55. The summed E-state index contributed by atoms with van der Waals surface area (Å²) in [5, 5.41) is 9.04. The number of amides is 1. The zero-order valence-electron chi connectivity index (χ0n) is 24.2. The van der Waals surface area contributed by atoms with Gasteiger partial charge in [0.1, 0.15) is 18.5 Å². The predicted octanol–water partition coefficient (Wildman–Crippen LogP) is 4.07. The van der Waals surface area contributed by atoms with Crippen LogP contribution in [0.2, 0.25) is 10.0 Å². The van der Waals surface area contributed by atoms with Crippen LogP contribution in [0, 0.1) is 12.5 Å². The van der Waals surface area contributed by atoms with Crippen LogP contribution in [0.15, 0.2) is 24.9 Å². The molecule has 1 aliphatic carbocycles. The number of hydrogen-bond donors (Lipinski definition) is 1. The number of fused-ring (bicyclic) bond motifs is 2. The Hall–Kier alpha value is -3.59. The Morgan fingerprint density at radius 3 is 2.88 bits per heavy atom. The van der Waals surface area contributed by atoms with E-state index in [1.165, 1.54) is 18.9 Å². The molecule has 2 fully saturated rings. The average molecular weight is 625 g/mol. The number of anilines is 2. The number of hydrogen-bond acceptors (Lipinski definition) is 8. The SMILES string of the molecule is [C-]#[N+]C[C@H]1CN(c2nc(OCCN(C)CC3CC3)nc3c2CCN(c2c(Cl)c(Cl)cc4[nH]ncc24)C3)CCN1C(=O)C=C. The maximum atomic E-state index is 12.5. The van der Waals surface area contributed by atoms with Gasteiger partial charge in [0, 0.05) is 50.2 Å². The van der Waals surface area contributed by atoms with Crippen molar-refractivity contribution in [2.24, 2.45) is 5.92 Å². The van der Waals surface area contributed by atoms with Gasteiger partial charge in [-0.3, -0.25) is 9.89 Å². The number of carbonyl (C=O) groups excluding carboxylic acids is 1. The zero-order chi connectivity index (χ0) is 30.1. The molecule has 0 spiro atoms. The zero-order valence-corrected chi connectivity index (χ0v) is 25.7. The van der Waals surface area contributed by atoms with Crippen LogP contribution in [0.3, 0.4) is 0 Å². The Labute approximate surface area is 261 Å². The Morgan fingerprint density at radius 2 is 2.12 bits per heavy atom. The lowest BCUT2D eigenvalue weighted by Gasteiger charge is -2.41. The van der Waals surface area contributed by atoms with Crippen molar-refractivity contribution in [3.05, 3.63) is 57.6 Å². The van der Waals surface area contributed by atoms with Crippen molar-refractivity contribution in [1.29, 1.82) is 0 Å². The highest BCUT2D eigenvalue weighted by atomic mass is 35.5. The molecule has 0 unspecified atom stereocenters. The normalized spacial score (nSPS) is 18.6. The minimum atomic E-state index is -0.262. The van der Waals surface area contributed by atoms with E-state index >= 15 is 0 Å². The second kappa shape index (κ2) is 12.6. The highest BCUT2D eigenvalue weighted by Gasteiger charge is 2.35. The van der Waals surface area contributed by atoms with Crippen LogP contribution in [-0.4, -0.2) is 101 Å². The molecular formula is C30H35Cl2N9O2. The van der Waals surface area contributed by atoms with Crippen molar-refractivity contribution in [1.82, 2.24) is 30.0 Å². The molecule has 2 aromatic heterocycles. The maximum absolute atomic E-state index is 12.5. The number of rotatable bonds is 10. The number of nitrogens with one attached hydrogen (secondary N) is 1. The van der Waals surface area contributed by atoms with Crippen LogP contribution in [0.4, 0.5) is 11.5 Å². The summed E-state index contributed by atoms with van der Waals surface area (Å²) in [7, 11) is 2.12. The topological polar surface area (TPSA) is 98.1 Å². The third-order valence-electron chi connectivity index (χ3n) is 8.46. The van der Waals surface area contributed by atoms with Gasteiger partial charge in [-0.2, -0.15) is 15.1 Å². The third kappa shape index (κ3) is 6.23. The van der Waals surface area contributed by atoms with Gasteiger partial charge in [0.05, 0.1) is 39.7 Å². The first-order valence-electron chi connectivity index (χ1n) is 14.6. The molecule has 1 saturated heterocycles. The smallest absolute Gasteiger partial charge is 0.318 e. The molecule has 11 nitrogen and oxygen atoms in total. The number of nitrogens with zero attached hydrogens (tertiary/aromatic N) is 8. The Kier molecular flexibility index (Phi) is 8.61. The van der Waals surface area contributed by atoms with Crippen LogP contribution in [0.5, 0.6) is 6.01 Å². The van der Waals surface area contributed by atoms with Crippen molar-refractivity contribution >= 4 is 51.5 Å². The van der Waals surface area contributed by atoms with E-state index < -0.39 is 0 Å². The van der Waals surface area contributed by atoms with Gasteiger partial charge in [0.25, 0.3) is 0 Å². The van der Waals surface area contributed by atoms with Gasteiger partial charge in [-0.25, -0.2) is 6.57 Å². The van der Waals surface area contributed by atoms with Crippen molar-refractivity contribution in [2.45, 2.75) is 31.8 Å². The molecule has 1 aromatic carbocycles. The van der Waals surface area contributed by atoms with E-state index in [1.807, 2.05) is 0 Å². The van der Waals surface area contributed by atoms with Crippen molar-refractivity contribution in [3.63, 3.8) is 0 Å². The second-order valence-electron chi connectivity index (χ2n) is 11.5. The molecule has 3 aromatic rings. The summed E-state index contributed by atoms with van der Waals surface area (Å²) in [4.78, 5) is 34.4. The van der Waals surface area contributed by atoms with Gasteiger partial charge in [0.2, 0.25) is 12.5 Å². The first-order chi connectivity index (χ1) is 20.9. The lowest BCUT2D eigenvalue weighted by Crippen LogP contribution is -2.56. The molecular weight excluding hydrogens is 589 g/mol. The number of piperazine rings is 1. The van der Waals surface area contributed by atoms with Gasteiger partial charge < -0.3 is 29.2 Å². The largest absolute Gasteiger partial charge is 0.462 e. The second-order valence-corrected chi connectivity index (χ2v) is 12.3. The van der Waals surface area contributed by atoms with Crippen LogP contribution in [0.25, 0.3) is 15.7 Å². The summed E-state index contributed by atoms with van der Waals surface area (Å²) in [5.41, 5.74) is 3.54. The number of aromatic nitrogens is 4. The van der Waals surface area contributed by atoms with Crippen LogP contribution >= 0.6 is 23.2 Å². The minimum absolute atomic E-state index is 0.156. The van der Waals surface area contributed by atoms with E-state index in [4.69, 9.17) is 44.5 Å². The molecule has 1 saturated carbocycles. The third-order valence-corrected chi connectivity index (χ3v) is 9.24.